The SMILES string of the molecule is O=C(/C=C/c1ccccc1)NC1c2ccccc2CC1O. The van der Waals surface area contributed by atoms with Gasteiger partial charge in [0.05, 0.1) is 12.1 Å². The van der Waals surface area contributed by atoms with Gasteiger partial charge in [-0.3, -0.25) is 4.79 Å². The van der Waals surface area contributed by atoms with Crippen molar-refractivity contribution in [2.75, 3.05) is 0 Å². The largest absolute Gasteiger partial charge is 0.390 e. The summed E-state index contributed by atoms with van der Waals surface area (Å²) in [5.41, 5.74) is 3.08. The molecule has 0 aliphatic heterocycles. The molecular weight excluding hydrogens is 262 g/mol. The summed E-state index contributed by atoms with van der Waals surface area (Å²) in [6.45, 7) is 0. The van der Waals surface area contributed by atoms with Crippen molar-refractivity contribution in [3.63, 3.8) is 0 Å². The Kier molecular flexibility index (Phi) is 3.84. The van der Waals surface area contributed by atoms with Crippen LogP contribution in [0.4, 0.5) is 0 Å². The predicted octanol–water partition coefficient (Wildman–Crippen LogP) is 2.47. The Labute approximate surface area is 123 Å². The number of nitrogens with one attached hydrogen (secondary N) is 1. The minimum absolute atomic E-state index is 0.195. The molecule has 2 aromatic rings. The minimum Gasteiger partial charge on any atom is -0.390 e. The van der Waals surface area contributed by atoms with Crippen molar-refractivity contribution < 1.29 is 9.90 Å². The molecule has 3 heteroatoms. The zero-order valence-electron chi connectivity index (χ0n) is 11.6. The highest BCUT2D eigenvalue weighted by atomic mass is 16.3. The molecule has 0 bridgehead atoms. The number of amides is 1. The van der Waals surface area contributed by atoms with E-state index in [1.165, 1.54) is 6.08 Å². The number of hydrogen-bond donors (Lipinski definition) is 2. The first-order chi connectivity index (χ1) is 10.2. The summed E-state index contributed by atoms with van der Waals surface area (Å²) < 4.78 is 0. The van der Waals surface area contributed by atoms with Gasteiger partial charge in [-0.15, -0.1) is 0 Å². The first kappa shape index (κ1) is 13.6. The molecule has 106 valence electrons. The molecular formula is C18H17NO2. The maximum Gasteiger partial charge on any atom is 0.244 e. The Morgan fingerprint density at radius 2 is 1.81 bits per heavy atom. The van der Waals surface area contributed by atoms with Crippen molar-refractivity contribution in [1.82, 2.24) is 5.32 Å². The van der Waals surface area contributed by atoms with Crippen LogP contribution in [-0.4, -0.2) is 17.1 Å². The van der Waals surface area contributed by atoms with Crippen molar-refractivity contribution in [3.05, 3.63) is 77.4 Å². The fourth-order valence-corrected chi connectivity index (χ4v) is 2.69. The average molecular weight is 279 g/mol. The third kappa shape index (κ3) is 3.03. The van der Waals surface area contributed by atoms with Crippen LogP contribution in [-0.2, 0) is 11.2 Å². The molecule has 2 atom stereocenters. The van der Waals surface area contributed by atoms with Gasteiger partial charge in [-0.1, -0.05) is 54.6 Å². The first-order valence-corrected chi connectivity index (χ1v) is 7.03. The Morgan fingerprint density at radius 1 is 1.10 bits per heavy atom. The topological polar surface area (TPSA) is 49.3 Å². The van der Waals surface area contributed by atoms with E-state index < -0.39 is 6.10 Å². The Balaban J connectivity index is 1.69. The van der Waals surface area contributed by atoms with Crippen LogP contribution >= 0.6 is 0 Å². The zero-order valence-corrected chi connectivity index (χ0v) is 11.6. The Bertz CT molecular complexity index is 664. The molecule has 0 radical (unpaired) electrons. The van der Waals surface area contributed by atoms with Crippen LogP contribution in [0.1, 0.15) is 22.7 Å². The Morgan fingerprint density at radius 3 is 2.62 bits per heavy atom. The standard InChI is InChI=1S/C18H17NO2/c20-16-12-14-8-4-5-9-15(14)18(16)19-17(21)11-10-13-6-2-1-3-7-13/h1-11,16,18,20H,12H2,(H,19,21)/b11-10+. The van der Waals surface area contributed by atoms with Crippen LogP contribution in [0.3, 0.4) is 0 Å². The molecule has 0 aromatic heterocycles. The quantitative estimate of drug-likeness (QED) is 0.848. The maximum atomic E-state index is 12.0. The number of fused-ring (bicyclic) bond motifs is 1. The molecule has 0 saturated carbocycles. The van der Waals surface area contributed by atoms with Crippen LogP contribution in [0.15, 0.2) is 60.7 Å². The number of rotatable bonds is 3. The van der Waals surface area contributed by atoms with Gasteiger partial charge in [0.2, 0.25) is 5.91 Å². The van der Waals surface area contributed by atoms with Gasteiger partial charge in [-0.25, -0.2) is 0 Å². The van der Waals surface area contributed by atoms with Crippen LogP contribution in [0.25, 0.3) is 6.08 Å². The van der Waals surface area contributed by atoms with Crippen LogP contribution in [0, 0.1) is 0 Å². The molecule has 1 amide bonds. The fourth-order valence-electron chi connectivity index (χ4n) is 2.69. The summed E-state index contributed by atoms with van der Waals surface area (Å²) in [6, 6.07) is 17.1. The van der Waals surface area contributed by atoms with E-state index in [2.05, 4.69) is 5.32 Å². The third-order valence-electron chi connectivity index (χ3n) is 3.73. The normalized spacial score (nSPS) is 20.4. The van der Waals surface area contributed by atoms with Crippen molar-refractivity contribution >= 4 is 12.0 Å². The van der Waals surface area contributed by atoms with Crippen LogP contribution < -0.4 is 5.32 Å². The van der Waals surface area contributed by atoms with Crippen molar-refractivity contribution in [3.8, 4) is 0 Å². The van der Waals surface area contributed by atoms with Gasteiger partial charge >= 0.3 is 0 Å². The van der Waals surface area contributed by atoms with E-state index in [0.717, 1.165) is 16.7 Å². The molecule has 3 rings (SSSR count). The molecule has 1 aliphatic rings. The summed E-state index contributed by atoms with van der Waals surface area (Å²) in [6.07, 6.45) is 3.30. The summed E-state index contributed by atoms with van der Waals surface area (Å²) in [7, 11) is 0. The van der Waals surface area contributed by atoms with Crippen molar-refractivity contribution in [1.29, 1.82) is 0 Å². The van der Waals surface area contributed by atoms with E-state index in [1.807, 2.05) is 54.6 Å². The van der Waals surface area contributed by atoms with Crippen LogP contribution in [0.5, 0.6) is 0 Å². The van der Waals surface area contributed by atoms with Gasteiger partial charge in [-0.2, -0.15) is 0 Å². The highest BCUT2D eigenvalue weighted by molar-refractivity contribution is 5.92. The van der Waals surface area contributed by atoms with E-state index in [9.17, 15) is 9.90 Å². The highest BCUT2D eigenvalue weighted by Gasteiger charge is 2.31. The third-order valence-corrected chi connectivity index (χ3v) is 3.73. The van der Waals surface area contributed by atoms with Crippen LogP contribution in [0.2, 0.25) is 0 Å². The van der Waals surface area contributed by atoms with Gasteiger partial charge in [0, 0.05) is 12.5 Å². The number of aliphatic hydroxyl groups excluding tert-OH is 1. The van der Waals surface area contributed by atoms with Gasteiger partial charge in [0.25, 0.3) is 0 Å². The number of carbonyl (C=O) groups excluding carboxylic acids is 1. The molecule has 1 aliphatic carbocycles. The minimum atomic E-state index is -0.559. The molecule has 0 saturated heterocycles. The highest BCUT2D eigenvalue weighted by Crippen LogP contribution is 2.31. The van der Waals surface area contributed by atoms with Crippen molar-refractivity contribution in [2.24, 2.45) is 0 Å². The lowest BCUT2D eigenvalue weighted by atomic mass is 10.1. The molecule has 2 unspecified atom stereocenters. The zero-order chi connectivity index (χ0) is 14.7. The van der Waals surface area contributed by atoms with Gasteiger partial charge < -0.3 is 10.4 Å². The second-order valence-electron chi connectivity index (χ2n) is 5.20. The summed E-state index contributed by atoms with van der Waals surface area (Å²) >= 11 is 0. The second-order valence-corrected chi connectivity index (χ2v) is 5.20. The second kappa shape index (κ2) is 5.94. The van der Waals surface area contributed by atoms with E-state index >= 15 is 0 Å². The summed E-state index contributed by atoms with van der Waals surface area (Å²) in [5.74, 6) is -0.195. The monoisotopic (exact) mass is 279 g/mol. The van der Waals surface area contributed by atoms with E-state index in [0.29, 0.717) is 6.42 Å². The molecule has 0 heterocycles. The van der Waals surface area contributed by atoms with Gasteiger partial charge in [0.1, 0.15) is 0 Å². The average Bonchev–Trinajstić information content (AvgIpc) is 2.82. The molecule has 2 N–H and O–H groups in total. The predicted molar refractivity (Wildman–Crippen MR) is 82.5 cm³/mol. The van der Waals surface area contributed by atoms with Crippen molar-refractivity contribution in [2.45, 2.75) is 18.6 Å². The Hall–Kier alpha value is -2.39. The number of aliphatic hydroxyl groups is 1. The summed E-state index contributed by atoms with van der Waals surface area (Å²) in [4.78, 5) is 12.0. The lowest BCUT2D eigenvalue weighted by Crippen LogP contribution is -2.32. The lowest BCUT2D eigenvalue weighted by Gasteiger charge is -2.16. The smallest absolute Gasteiger partial charge is 0.244 e. The van der Waals surface area contributed by atoms with E-state index in [4.69, 9.17) is 0 Å². The lowest BCUT2D eigenvalue weighted by molar-refractivity contribution is -0.117. The molecule has 2 aromatic carbocycles. The number of hydrogen-bond acceptors (Lipinski definition) is 2. The molecule has 0 spiro atoms. The first-order valence-electron chi connectivity index (χ1n) is 7.03. The van der Waals surface area contributed by atoms with E-state index in [-0.39, 0.29) is 11.9 Å². The number of carbonyl (C=O) groups is 1. The number of benzene rings is 2. The fraction of sp³-hybridized carbons (Fsp3) is 0.167. The molecule has 0 fully saturated rings. The van der Waals surface area contributed by atoms with Gasteiger partial charge in [0.15, 0.2) is 0 Å². The molecule has 3 nitrogen and oxygen atoms in total. The van der Waals surface area contributed by atoms with Gasteiger partial charge in [-0.05, 0) is 22.8 Å². The molecule has 21 heavy (non-hydrogen) atoms. The summed E-state index contributed by atoms with van der Waals surface area (Å²) in [5, 5.41) is 13.0. The maximum absolute atomic E-state index is 12.0. The van der Waals surface area contributed by atoms with E-state index in [1.54, 1.807) is 6.08 Å².